The molecule has 0 aliphatic carbocycles. The lowest BCUT2D eigenvalue weighted by molar-refractivity contribution is -0.136. The monoisotopic (exact) mass is 268 g/mol. The van der Waals surface area contributed by atoms with E-state index >= 15 is 0 Å². The number of sulfone groups is 1. The van der Waals surface area contributed by atoms with Crippen molar-refractivity contribution in [2.24, 2.45) is 5.92 Å². The predicted octanol–water partition coefficient (Wildman–Crippen LogP) is 1.29. The Morgan fingerprint density at radius 1 is 1.28 bits per heavy atom. The van der Waals surface area contributed by atoms with Crippen molar-refractivity contribution in [2.45, 2.75) is 19.3 Å². The first-order valence-electron chi connectivity index (χ1n) is 5.95. The average Bonchev–Trinajstić information content (AvgIpc) is 2.60. The van der Waals surface area contributed by atoms with E-state index in [1.165, 1.54) is 0 Å². The van der Waals surface area contributed by atoms with Crippen molar-refractivity contribution in [1.29, 1.82) is 0 Å². The lowest BCUT2D eigenvalue weighted by Crippen LogP contribution is -2.10. The molecule has 1 aliphatic heterocycles. The summed E-state index contributed by atoms with van der Waals surface area (Å²) in [5.41, 5.74) is 1.75. The quantitative estimate of drug-likeness (QED) is 0.893. The molecule has 0 radical (unpaired) electrons. The van der Waals surface area contributed by atoms with Crippen molar-refractivity contribution in [2.75, 3.05) is 11.5 Å². The fraction of sp³-hybridized carbons (Fsp3) is 0.462. The third kappa shape index (κ3) is 3.32. The van der Waals surface area contributed by atoms with Gasteiger partial charge in [0.2, 0.25) is 0 Å². The number of carboxylic acid groups (broad SMARTS) is 1. The van der Waals surface area contributed by atoms with Crippen LogP contribution in [0.4, 0.5) is 0 Å². The van der Waals surface area contributed by atoms with E-state index in [9.17, 15) is 13.2 Å². The third-order valence-corrected chi connectivity index (χ3v) is 5.13. The molecule has 0 saturated carbocycles. The standard InChI is InChI=1S/C13H16O4S/c14-13(15)8-12-4-2-1-3-11(12)7-10-5-6-18(16,17)9-10/h1-4,10H,5-9H2,(H,14,15). The van der Waals surface area contributed by atoms with Gasteiger partial charge in [0.15, 0.2) is 9.84 Å². The van der Waals surface area contributed by atoms with Crippen LogP contribution < -0.4 is 0 Å². The molecule has 18 heavy (non-hydrogen) atoms. The SMILES string of the molecule is O=C(O)Cc1ccccc1CC1CCS(=O)(=O)C1. The van der Waals surface area contributed by atoms with E-state index in [1.54, 1.807) is 6.07 Å². The van der Waals surface area contributed by atoms with Gasteiger partial charge in [0, 0.05) is 0 Å². The van der Waals surface area contributed by atoms with E-state index in [0.29, 0.717) is 12.8 Å². The second kappa shape index (κ2) is 5.10. The van der Waals surface area contributed by atoms with Crippen LogP contribution in [0.15, 0.2) is 24.3 Å². The van der Waals surface area contributed by atoms with E-state index in [1.807, 2.05) is 18.2 Å². The molecule has 5 heteroatoms. The molecular formula is C13H16O4S. The van der Waals surface area contributed by atoms with Crippen LogP contribution >= 0.6 is 0 Å². The van der Waals surface area contributed by atoms with Crippen molar-refractivity contribution in [3.8, 4) is 0 Å². The Morgan fingerprint density at radius 3 is 2.50 bits per heavy atom. The van der Waals surface area contributed by atoms with Crippen molar-refractivity contribution in [3.05, 3.63) is 35.4 Å². The normalized spacial score (nSPS) is 21.9. The second-order valence-electron chi connectivity index (χ2n) is 4.81. The second-order valence-corrected chi connectivity index (χ2v) is 7.04. The van der Waals surface area contributed by atoms with Gasteiger partial charge in [0.25, 0.3) is 0 Å². The van der Waals surface area contributed by atoms with Gasteiger partial charge in [-0.2, -0.15) is 0 Å². The van der Waals surface area contributed by atoms with E-state index in [2.05, 4.69) is 0 Å². The smallest absolute Gasteiger partial charge is 0.307 e. The number of hydrogen-bond donors (Lipinski definition) is 1. The molecule has 4 nitrogen and oxygen atoms in total. The lowest BCUT2D eigenvalue weighted by Gasteiger charge is -2.11. The highest BCUT2D eigenvalue weighted by Gasteiger charge is 2.28. The minimum Gasteiger partial charge on any atom is -0.481 e. The first kappa shape index (κ1) is 13.1. The predicted molar refractivity (Wildman–Crippen MR) is 68.2 cm³/mol. The van der Waals surface area contributed by atoms with Gasteiger partial charge < -0.3 is 5.11 Å². The molecule has 2 rings (SSSR count). The van der Waals surface area contributed by atoms with Crippen molar-refractivity contribution < 1.29 is 18.3 Å². The summed E-state index contributed by atoms with van der Waals surface area (Å²) in [6, 6.07) is 7.37. The van der Waals surface area contributed by atoms with Crippen LogP contribution in [-0.2, 0) is 27.5 Å². The Labute approximate surface area is 107 Å². The zero-order valence-corrected chi connectivity index (χ0v) is 10.8. The number of carboxylic acids is 1. The summed E-state index contributed by atoms with van der Waals surface area (Å²) in [6.07, 6.45) is 1.34. The Bertz CT molecular complexity index is 548. The highest BCUT2D eigenvalue weighted by Crippen LogP contribution is 2.24. The van der Waals surface area contributed by atoms with Crippen molar-refractivity contribution in [1.82, 2.24) is 0 Å². The maximum atomic E-state index is 11.4. The molecule has 1 unspecified atom stereocenters. The summed E-state index contributed by atoms with van der Waals surface area (Å²) in [4.78, 5) is 10.8. The van der Waals surface area contributed by atoms with Gasteiger partial charge in [-0.15, -0.1) is 0 Å². The molecule has 1 aromatic rings. The summed E-state index contributed by atoms with van der Waals surface area (Å²) < 4.78 is 22.8. The number of rotatable bonds is 4. The summed E-state index contributed by atoms with van der Waals surface area (Å²) >= 11 is 0. The topological polar surface area (TPSA) is 71.4 Å². The van der Waals surface area contributed by atoms with Gasteiger partial charge in [-0.3, -0.25) is 4.79 Å². The fourth-order valence-corrected chi connectivity index (χ4v) is 4.30. The van der Waals surface area contributed by atoms with Gasteiger partial charge in [0.1, 0.15) is 0 Å². The first-order valence-corrected chi connectivity index (χ1v) is 7.77. The Balaban J connectivity index is 2.12. The Kier molecular flexibility index (Phi) is 3.71. The van der Waals surface area contributed by atoms with Gasteiger partial charge in [-0.25, -0.2) is 8.42 Å². The summed E-state index contributed by atoms with van der Waals surface area (Å²) in [7, 11) is -2.87. The van der Waals surface area contributed by atoms with Crippen LogP contribution in [0, 0.1) is 5.92 Å². The first-order chi connectivity index (χ1) is 8.46. The minimum absolute atomic E-state index is 0.00432. The van der Waals surface area contributed by atoms with Crippen LogP contribution in [0.5, 0.6) is 0 Å². The zero-order valence-electron chi connectivity index (χ0n) is 10.0. The molecule has 0 bridgehead atoms. The molecule has 98 valence electrons. The highest BCUT2D eigenvalue weighted by atomic mass is 32.2. The van der Waals surface area contributed by atoms with Crippen LogP contribution in [0.2, 0.25) is 0 Å². The molecule has 1 heterocycles. The summed E-state index contributed by atoms with van der Waals surface area (Å²) in [6.45, 7) is 0. The molecular weight excluding hydrogens is 252 g/mol. The maximum absolute atomic E-state index is 11.4. The highest BCUT2D eigenvalue weighted by molar-refractivity contribution is 7.91. The zero-order chi connectivity index (χ0) is 13.2. The van der Waals surface area contributed by atoms with E-state index in [0.717, 1.165) is 11.1 Å². The molecule has 1 aromatic carbocycles. The number of hydrogen-bond acceptors (Lipinski definition) is 3. The van der Waals surface area contributed by atoms with Gasteiger partial charge >= 0.3 is 5.97 Å². The molecule has 0 amide bonds. The van der Waals surface area contributed by atoms with Crippen LogP contribution in [-0.4, -0.2) is 31.0 Å². The largest absolute Gasteiger partial charge is 0.481 e. The van der Waals surface area contributed by atoms with E-state index in [4.69, 9.17) is 5.11 Å². The average molecular weight is 268 g/mol. The van der Waals surface area contributed by atoms with E-state index in [-0.39, 0.29) is 23.8 Å². The van der Waals surface area contributed by atoms with Crippen LogP contribution in [0.25, 0.3) is 0 Å². The molecule has 1 atom stereocenters. The number of benzene rings is 1. The van der Waals surface area contributed by atoms with Crippen molar-refractivity contribution >= 4 is 15.8 Å². The third-order valence-electron chi connectivity index (χ3n) is 3.30. The maximum Gasteiger partial charge on any atom is 0.307 e. The summed E-state index contributed by atoms with van der Waals surface area (Å²) in [5.74, 6) is -0.237. The number of aliphatic carboxylic acids is 1. The van der Waals surface area contributed by atoms with Gasteiger partial charge in [-0.1, -0.05) is 24.3 Å². The van der Waals surface area contributed by atoms with Crippen molar-refractivity contribution in [3.63, 3.8) is 0 Å². The van der Waals surface area contributed by atoms with Crippen LogP contribution in [0.3, 0.4) is 0 Å². The molecule has 1 saturated heterocycles. The Hall–Kier alpha value is -1.36. The molecule has 1 N–H and O–H groups in total. The molecule has 1 aliphatic rings. The molecule has 0 aromatic heterocycles. The minimum atomic E-state index is -2.87. The Morgan fingerprint density at radius 2 is 1.94 bits per heavy atom. The van der Waals surface area contributed by atoms with Gasteiger partial charge in [-0.05, 0) is 29.9 Å². The summed E-state index contributed by atoms with van der Waals surface area (Å²) in [5, 5.41) is 8.84. The van der Waals surface area contributed by atoms with Gasteiger partial charge in [0.05, 0.1) is 17.9 Å². The van der Waals surface area contributed by atoms with Crippen LogP contribution in [0.1, 0.15) is 17.5 Å². The lowest BCUT2D eigenvalue weighted by atomic mass is 9.94. The molecule has 0 spiro atoms. The van der Waals surface area contributed by atoms with E-state index < -0.39 is 15.8 Å². The fourth-order valence-electron chi connectivity index (χ4n) is 2.44. The molecule has 1 fully saturated rings. The number of carbonyl (C=O) groups is 1.